The van der Waals surface area contributed by atoms with Crippen molar-refractivity contribution in [3.8, 4) is 0 Å². The average Bonchev–Trinajstić information content (AvgIpc) is 2.58. The van der Waals surface area contributed by atoms with Gasteiger partial charge in [0.2, 0.25) is 0 Å². The van der Waals surface area contributed by atoms with Crippen LogP contribution in [0.15, 0.2) is 6.20 Å². The summed E-state index contributed by atoms with van der Waals surface area (Å²) in [5, 5.41) is 0. The van der Waals surface area contributed by atoms with Gasteiger partial charge in [0.05, 0.1) is 0 Å². The molecular weight excluding hydrogens is 196 g/mol. The van der Waals surface area contributed by atoms with Crippen molar-refractivity contribution in [3.05, 3.63) is 23.3 Å². The van der Waals surface area contributed by atoms with E-state index in [0.29, 0.717) is 17.3 Å². The van der Waals surface area contributed by atoms with Gasteiger partial charge >= 0.3 is 0 Å². The molecule has 0 aromatic carbocycles. The fourth-order valence-corrected chi connectivity index (χ4v) is 2.55. The van der Waals surface area contributed by atoms with E-state index in [1.165, 1.54) is 17.7 Å². The molecule has 1 aliphatic rings. The second-order valence-corrected chi connectivity index (χ2v) is 6.24. The monoisotopic (exact) mass is 218 g/mol. The first-order valence-corrected chi connectivity index (χ1v) is 6.25. The van der Waals surface area contributed by atoms with E-state index in [2.05, 4.69) is 45.8 Å². The number of hydrogen-bond acceptors (Lipinski definition) is 2. The van der Waals surface area contributed by atoms with Crippen LogP contribution in [-0.4, -0.2) is 9.97 Å². The van der Waals surface area contributed by atoms with Gasteiger partial charge in [-0.05, 0) is 29.7 Å². The smallest absolute Gasteiger partial charge is 0.131 e. The zero-order chi connectivity index (χ0) is 11.9. The molecular formula is C14H22N2. The fraction of sp³-hybridized carbons (Fsp3) is 0.714. The average molecular weight is 218 g/mol. The molecule has 1 aliphatic carbocycles. The van der Waals surface area contributed by atoms with Gasteiger partial charge in [0.1, 0.15) is 5.82 Å². The Morgan fingerprint density at radius 2 is 2.00 bits per heavy atom. The molecule has 2 nitrogen and oxygen atoms in total. The Hall–Kier alpha value is -0.920. The van der Waals surface area contributed by atoms with Crippen LogP contribution < -0.4 is 0 Å². The molecule has 0 N–H and O–H groups in total. The van der Waals surface area contributed by atoms with Gasteiger partial charge in [-0.25, -0.2) is 9.97 Å². The quantitative estimate of drug-likeness (QED) is 0.718. The van der Waals surface area contributed by atoms with Crippen LogP contribution in [0.3, 0.4) is 0 Å². The third-order valence-electron chi connectivity index (χ3n) is 3.53. The van der Waals surface area contributed by atoms with Crippen LogP contribution >= 0.6 is 0 Å². The Balaban J connectivity index is 2.36. The van der Waals surface area contributed by atoms with Crippen LogP contribution in [-0.2, 0) is 6.42 Å². The van der Waals surface area contributed by atoms with Crippen molar-refractivity contribution in [3.63, 3.8) is 0 Å². The first kappa shape index (κ1) is 11.6. The second kappa shape index (κ2) is 3.83. The Morgan fingerprint density at radius 3 is 2.56 bits per heavy atom. The number of hydrogen-bond donors (Lipinski definition) is 0. The highest BCUT2D eigenvalue weighted by molar-refractivity contribution is 5.29. The van der Waals surface area contributed by atoms with Gasteiger partial charge < -0.3 is 0 Å². The topological polar surface area (TPSA) is 25.8 Å². The first-order chi connectivity index (χ1) is 7.39. The minimum atomic E-state index is 0.327. The van der Waals surface area contributed by atoms with Crippen LogP contribution in [0, 0.1) is 5.41 Å². The normalized spacial score (nSPS) is 20.2. The van der Waals surface area contributed by atoms with Gasteiger partial charge in [0.25, 0.3) is 0 Å². The lowest BCUT2D eigenvalue weighted by Gasteiger charge is -2.27. The molecule has 2 heteroatoms. The summed E-state index contributed by atoms with van der Waals surface area (Å²) in [4.78, 5) is 9.21. The highest BCUT2D eigenvalue weighted by Crippen LogP contribution is 2.43. The molecule has 1 unspecified atom stereocenters. The number of rotatable bonds is 1. The third-order valence-corrected chi connectivity index (χ3v) is 3.53. The van der Waals surface area contributed by atoms with Crippen LogP contribution in [0.2, 0.25) is 0 Å². The minimum absolute atomic E-state index is 0.327. The highest BCUT2D eigenvalue weighted by Gasteiger charge is 2.33. The van der Waals surface area contributed by atoms with E-state index >= 15 is 0 Å². The van der Waals surface area contributed by atoms with Crippen LogP contribution in [0.4, 0.5) is 0 Å². The lowest BCUT2D eigenvalue weighted by Crippen LogP contribution is -2.16. The summed E-state index contributed by atoms with van der Waals surface area (Å²) in [6.45, 7) is 11.2. The Bertz CT molecular complexity index is 388. The summed E-state index contributed by atoms with van der Waals surface area (Å²) in [5.41, 5.74) is 3.00. The largest absolute Gasteiger partial charge is 0.241 e. The summed E-state index contributed by atoms with van der Waals surface area (Å²) in [7, 11) is 0. The van der Waals surface area contributed by atoms with Gasteiger partial charge in [0, 0.05) is 17.8 Å². The molecule has 16 heavy (non-hydrogen) atoms. The lowest BCUT2D eigenvalue weighted by atomic mass is 9.78. The summed E-state index contributed by atoms with van der Waals surface area (Å²) < 4.78 is 0. The summed E-state index contributed by atoms with van der Waals surface area (Å²) in [6.07, 6.45) is 4.43. The van der Waals surface area contributed by atoms with Crippen LogP contribution in [0.25, 0.3) is 0 Å². The number of aromatic nitrogens is 2. The molecule has 1 heterocycles. The molecule has 2 rings (SSSR count). The molecule has 1 aromatic rings. The van der Waals surface area contributed by atoms with E-state index in [-0.39, 0.29) is 0 Å². The summed E-state index contributed by atoms with van der Waals surface area (Å²) in [6, 6.07) is 0. The number of aryl methyl sites for hydroxylation is 1. The maximum Gasteiger partial charge on any atom is 0.131 e. The lowest BCUT2D eigenvalue weighted by molar-refractivity contribution is 0.318. The molecule has 88 valence electrons. The summed E-state index contributed by atoms with van der Waals surface area (Å²) in [5.74, 6) is 2.05. The van der Waals surface area contributed by atoms with Crippen molar-refractivity contribution >= 4 is 0 Å². The standard InChI is InChI=1S/C14H22N2/c1-9(2)13-15-8-10-11(14(3,4)5)6-7-12(10)16-13/h8-9,11H,6-7H2,1-5H3. The van der Waals surface area contributed by atoms with Crippen molar-refractivity contribution in [2.24, 2.45) is 5.41 Å². The predicted molar refractivity (Wildman–Crippen MR) is 66.6 cm³/mol. The molecule has 1 aromatic heterocycles. The second-order valence-electron chi connectivity index (χ2n) is 6.24. The molecule has 0 fully saturated rings. The molecule has 0 saturated heterocycles. The molecule has 0 spiro atoms. The van der Waals surface area contributed by atoms with Crippen molar-refractivity contribution in [1.82, 2.24) is 9.97 Å². The fourth-order valence-electron chi connectivity index (χ4n) is 2.55. The third kappa shape index (κ3) is 1.98. The van der Waals surface area contributed by atoms with E-state index in [4.69, 9.17) is 4.98 Å². The minimum Gasteiger partial charge on any atom is -0.241 e. The van der Waals surface area contributed by atoms with Crippen LogP contribution in [0.5, 0.6) is 0 Å². The first-order valence-electron chi connectivity index (χ1n) is 6.25. The zero-order valence-corrected chi connectivity index (χ0v) is 11.0. The number of fused-ring (bicyclic) bond motifs is 1. The Labute approximate surface area is 98.5 Å². The Morgan fingerprint density at radius 1 is 1.31 bits per heavy atom. The number of nitrogens with zero attached hydrogens (tertiary/aromatic N) is 2. The molecule has 0 aliphatic heterocycles. The zero-order valence-electron chi connectivity index (χ0n) is 11.0. The van der Waals surface area contributed by atoms with Gasteiger partial charge in [-0.15, -0.1) is 0 Å². The van der Waals surface area contributed by atoms with E-state index in [1.807, 2.05) is 0 Å². The van der Waals surface area contributed by atoms with E-state index in [1.54, 1.807) is 0 Å². The SMILES string of the molecule is CC(C)c1ncc2c(n1)CCC2C(C)(C)C. The maximum atomic E-state index is 4.71. The van der Waals surface area contributed by atoms with Gasteiger partial charge in [0.15, 0.2) is 0 Å². The van der Waals surface area contributed by atoms with Gasteiger partial charge in [-0.3, -0.25) is 0 Å². The predicted octanol–water partition coefficient (Wildman–Crippen LogP) is 3.68. The van der Waals surface area contributed by atoms with E-state index in [9.17, 15) is 0 Å². The van der Waals surface area contributed by atoms with Crippen molar-refractivity contribution in [2.75, 3.05) is 0 Å². The molecule has 0 amide bonds. The molecule has 0 radical (unpaired) electrons. The molecule has 0 bridgehead atoms. The van der Waals surface area contributed by atoms with Gasteiger partial charge in [-0.1, -0.05) is 34.6 Å². The van der Waals surface area contributed by atoms with E-state index in [0.717, 1.165) is 12.2 Å². The summed E-state index contributed by atoms with van der Waals surface area (Å²) >= 11 is 0. The van der Waals surface area contributed by atoms with Crippen molar-refractivity contribution in [1.29, 1.82) is 0 Å². The molecule has 1 atom stereocenters. The van der Waals surface area contributed by atoms with E-state index < -0.39 is 0 Å². The highest BCUT2D eigenvalue weighted by atomic mass is 14.9. The van der Waals surface area contributed by atoms with Gasteiger partial charge in [-0.2, -0.15) is 0 Å². The van der Waals surface area contributed by atoms with Crippen LogP contribution in [0.1, 0.15) is 70.0 Å². The maximum absolute atomic E-state index is 4.71. The van der Waals surface area contributed by atoms with Crippen molar-refractivity contribution < 1.29 is 0 Å². The Kier molecular flexibility index (Phi) is 2.77. The molecule has 0 saturated carbocycles. The van der Waals surface area contributed by atoms with Crippen molar-refractivity contribution in [2.45, 2.75) is 59.3 Å².